The number of aromatic amines is 1. The predicted molar refractivity (Wildman–Crippen MR) is 85.1 cm³/mol. The van der Waals surface area contributed by atoms with Crippen LogP contribution in [0.2, 0.25) is 0 Å². The molecule has 1 aliphatic rings. The highest BCUT2D eigenvalue weighted by molar-refractivity contribution is 9.10. The third-order valence-corrected chi connectivity index (χ3v) is 4.50. The molecule has 1 atom stereocenters. The van der Waals surface area contributed by atoms with Crippen LogP contribution in [0.3, 0.4) is 0 Å². The fourth-order valence-electron chi connectivity index (χ4n) is 2.76. The summed E-state index contributed by atoms with van der Waals surface area (Å²) in [6.45, 7) is 0.499. The molecule has 2 aromatic rings. The molecule has 0 spiro atoms. The van der Waals surface area contributed by atoms with Gasteiger partial charge in [0.15, 0.2) is 0 Å². The number of hydrogen-bond donors (Lipinski definition) is 2. The van der Waals surface area contributed by atoms with E-state index >= 15 is 0 Å². The number of carbonyl (C=O) groups is 1. The number of nitro benzene ring substituents is 1. The first-order valence-corrected chi connectivity index (χ1v) is 7.75. The number of carboxylic acid groups (broad SMARTS) is 1. The minimum atomic E-state index is -0.955. The van der Waals surface area contributed by atoms with Crippen molar-refractivity contribution in [1.82, 2.24) is 14.9 Å². The lowest BCUT2D eigenvalue weighted by molar-refractivity contribution is -0.385. The van der Waals surface area contributed by atoms with Gasteiger partial charge in [-0.15, -0.1) is 0 Å². The Kier molecular flexibility index (Phi) is 4.03. The number of hydrogen-bond acceptors (Lipinski definition) is 4. The summed E-state index contributed by atoms with van der Waals surface area (Å²) in [7, 11) is 0. The zero-order valence-electron chi connectivity index (χ0n) is 11.9. The molecule has 1 aromatic heterocycles. The molecule has 1 amide bonds. The zero-order chi connectivity index (χ0) is 16.6. The molecule has 2 N–H and O–H groups in total. The summed E-state index contributed by atoms with van der Waals surface area (Å²) in [6.07, 6.45) is 2.18. The van der Waals surface area contributed by atoms with Gasteiger partial charge in [0.1, 0.15) is 5.82 Å². The van der Waals surface area contributed by atoms with Gasteiger partial charge in [-0.25, -0.2) is 9.78 Å². The van der Waals surface area contributed by atoms with Crippen molar-refractivity contribution in [3.05, 3.63) is 44.8 Å². The van der Waals surface area contributed by atoms with Gasteiger partial charge in [-0.1, -0.05) is 0 Å². The third-order valence-electron chi connectivity index (χ3n) is 3.86. The zero-order valence-corrected chi connectivity index (χ0v) is 13.5. The van der Waals surface area contributed by atoms with E-state index in [1.807, 2.05) is 0 Å². The molecule has 0 aliphatic carbocycles. The van der Waals surface area contributed by atoms with Crippen molar-refractivity contribution in [3.63, 3.8) is 0 Å². The van der Waals surface area contributed by atoms with E-state index in [4.69, 9.17) is 0 Å². The Bertz CT molecular complexity index is 776. The Hall–Kier alpha value is -2.42. The normalized spacial score (nSPS) is 17.4. The monoisotopic (exact) mass is 380 g/mol. The number of nitro groups is 1. The van der Waals surface area contributed by atoms with Gasteiger partial charge in [0.25, 0.3) is 5.69 Å². The Balaban J connectivity index is 1.89. The SMILES string of the molecule is O=C(O)N1CCCC1c1ncc(-c2ccc([N+](=O)[O-])c(Br)c2)[nH]1. The maximum absolute atomic E-state index is 11.2. The summed E-state index contributed by atoms with van der Waals surface area (Å²) in [4.78, 5) is 30.4. The Morgan fingerprint density at radius 3 is 2.96 bits per heavy atom. The van der Waals surface area contributed by atoms with Crippen molar-refractivity contribution < 1.29 is 14.8 Å². The van der Waals surface area contributed by atoms with E-state index in [1.54, 1.807) is 18.3 Å². The van der Waals surface area contributed by atoms with Gasteiger partial charge >= 0.3 is 6.09 Å². The van der Waals surface area contributed by atoms with Gasteiger partial charge < -0.3 is 10.1 Å². The molecule has 120 valence electrons. The molecular formula is C14H13BrN4O4. The Labute approximate surface area is 139 Å². The van der Waals surface area contributed by atoms with Gasteiger partial charge in [-0.3, -0.25) is 15.0 Å². The van der Waals surface area contributed by atoms with Crippen LogP contribution in [0.1, 0.15) is 24.7 Å². The maximum atomic E-state index is 11.2. The van der Waals surface area contributed by atoms with E-state index in [1.165, 1.54) is 11.0 Å². The first-order valence-electron chi connectivity index (χ1n) is 6.96. The van der Waals surface area contributed by atoms with E-state index in [0.717, 1.165) is 18.4 Å². The van der Waals surface area contributed by atoms with Crippen molar-refractivity contribution in [2.24, 2.45) is 0 Å². The summed E-state index contributed by atoms with van der Waals surface area (Å²) < 4.78 is 0.379. The summed E-state index contributed by atoms with van der Waals surface area (Å²) >= 11 is 3.18. The molecular weight excluding hydrogens is 368 g/mol. The van der Waals surface area contributed by atoms with Crippen LogP contribution in [-0.2, 0) is 0 Å². The van der Waals surface area contributed by atoms with Crippen LogP contribution in [0.15, 0.2) is 28.9 Å². The number of rotatable bonds is 3. The van der Waals surface area contributed by atoms with Crippen LogP contribution in [0.4, 0.5) is 10.5 Å². The molecule has 1 saturated heterocycles. The van der Waals surface area contributed by atoms with E-state index in [0.29, 0.717) is 22.5 Å². The number of nitrogens with zero attached hydrogens (tertiary/aromatic N) is 3. The van der Waals surface area contributed by atoms with Gasteiger partial charge in [-0.05, 0) is 40.9 Å². The van der Waals surface area contributed by atoms with Crippen LogP contribution in [0.25, 0.3) is 11.3 Å². The number of benzene rings is 1. The van der Waals surface area contributed by atoms with Gasteiger partial charge in [0.05, 0.1) is 27.3 Å². The number of aromatic nitrogens is 2. The van der Waals surface area contributed by atoms with E-state index in [9.17, 15) is 20.0 Å². The quantitative estimate of drug-likeness (QED) is 0.624. The van der Waals surface area contributed by atoms with E-state index in [-0.39, 0.29) is 11.7 Å². The molecule has 0 saturated carbocycles. The standard InChI is InChI=1S/C14H13BrN4O4/c15-9-6-8(3-4-11(9)19(22)23)10-7-16-13(17-10)12-2-1-5-18(12)14(20)21/h3-4,6-7,12H,1-2,5H2,(H,16,17)(H,20,21). The smallest absolute Gasteiger partial charge is 0.407 e. The summed E-state index contributed by atoms with van der Waals surface area (Å²) in [5.74, 6) is 0.592. The lowest BCUT2D eigenvalue weighted by Gasteiger charge is -2.19. The molecule has 9 heteroatoms. The first-order chi connectivity index (χ1) is 11.0. The van der Waals surface area contributed by atoms with Crippen molar-refractivity contribution >= 4 is 27.7 Å². The van der Waals surface area contributed by atoms with E-state index in [2.05, 4.69) is 25.9 Å². The number of halogens is 1. The molecule has 1 aliphatic heterocycles. The van der Waals surface area contributed by atoms with Crippen LogP contribution >= 0.6 is 15.9 Å². The lowest BCUT2D eigenvalue weighted by atomic mass is 10.1. The number of nitrogens with one attached hydrogen (secondary N) is 1. The molecule has 1 fully saturated rings. The number of imidazole rings is 1. The average molecular weight is 381 g/mol. The molecule has 8 nitrogen and oxygen atoms in total. The molecule has 1 aromatic carbocycles. The second kappa shape index (κ2) is 5.99. The topological polar surface area (TPSA) is 112 Å². The predicted octanol–water partition coefficient (Wildman–Crippen LogP) is 3.56. The van der Waals surface area contributed by atoms with Gasteiger partial charge in [-0.2, -0.15) is 0 Å². The van der Waals surface area contributed by atoms with Crippen molar-refractivity contribution in [2.45, 2.75) is 18.9 Å². The largest absolute Gasteiger partial charge is 0.465 e. The maximum Gasteiger partial charge on any atom is 0.407 e. The number of amides is 1. The summed E-state index contributed by atoms with van der Waals surface area (Å²) in [5, 5.41) is 20.0. The second-order valence-corrected chi connectivity index (χ2v) is 6.09. The molecule has 23 heavy (non-hydrogen) atoms. The highest BCUT2D eigenvalue weighted by atomic mass is 79.9. The highest BCUT2D eigenvalue weighted by Crippen LogP contribution is 2.33. The van der Waals surface area contributed by atoms with Gasteiger partial charge in [0.2, 0.25) is 0 Å². The lowest BCUT2D eigenvalue weighted by Crippen LogP contribution is -2.29. The van der Waals surface area contributed by atoms with Crippen LogP contribution in [0.5, 0.6) is 0 Å². The molecule has 0 radical (unpaired) electrons. The van der Waals surface area contributed by atoms with Crippen molar-refractivity contribution in [3.8, 4) is 11.3 Å². The first kappa shape index (κ1) is 15.5. The minimum Gasteiger partial charge on any atom is -0.465 e. The van der Waals surface area contributed by atoms with Crippen molar-refractivity contribution in [2.75, 3.05) is 6.54 Å². The molecule has 1 unspecified atom stereocenters. The van der Waals surface area contributed by atoms with Gasteiger partial charge in [0, 0.05) is 18.2 Å². The fourth-order valence-corrected chi connectivity index (χ4v) is 3.28. The second-order valence-electron chi connectivity index (χ2n) is 5.24. The molecule has 3 rings (SSSR count). The Morgan fingerprint density at radius 1 is 1.52 bits per heavy atom. The number of H-pyrrole nitrogens is 1. The Morgan fingerprint density at radius 2 is 2.30 bits per heavy atom. The summed E-state index contributed by atoms with van der Waals surface area (Å²) in [6, 6.07) is 4.41. The van der Waals surface area contributed by atoms with Crippen LogP contribution in [0, 0.1) is 10.1 Å². The summed E-state index contributed by atoms with van der Waals surface area (Å²) in [5.41, 5.74) is 1.41. The van der Waals surface area contributed by atoms with Crippen LogP contribution < -0.4 is 0 Å². The van der Waals surface area contributed by atoms with Crippen LogP contribution in [-0.4, -0.2) is 37.5 Å². The molecule has 0 bridgehead atoms. The minimum absolute atomic E-state index is 0.0127. The molecule has 2 heterocycles. The highest BCUT2D eigenvalue weighted by Gasteiger charge is 2.31. The fraction of sp³-hybridized carbons (Fsp3) is 0.286. The van der Waals surface area contributed by atoms with Crippen molar-refractivity contribution in [1.29, 1.82) is 0 Å². The third kappa shape index (κ3) is 2.91. The number of likely N-dealkylation sites (tertiary alicyclic amines) is 1. The average Bonchev–Trinajstić information content (AvgIpc) is 3.15. The van der Waals surface area contributed by atoms with E-state index < -0.39 is 11.0 Å².